The largest absolute Gasteiger partial charge is 0.508 e. The highest BCUT2D eigenvalue weighted by Crippen LogP contribution is 2.36. The summed E-state index contributed by atoms with van der Waals surface area (Å²) in [5, 5.41) is 28.9. The molecular weight excluding hydrogens is 320 g/mol. The summed E-state index contributed by atoms with van der Waals surface area (Å²) in [6.07, 6.45) is -0.0356. The predicted molar refractivity (Wildman–Crippen MR) is 87.2 cm³/mol. The number of nitrogens with zero attached hydrogens (tertiary/aromatic N) is 1. The maximum absolute atomic E-state index is 11.8. The van der Waals surface area contributed by atoms with E-state index in [0.717, 1.165) is 5.56 Å². The highest BCUT2D eigenvalue weighted by molar-refractivity contribution is 6.31. The van der Waals surface area contributed by atoms with E-state index in [0.29, 0.717) is 36.5 Å². The van der Waals surface area contributed by atoms with Gasteiger partial charge in [-0.25, -0.2) is 0 Å². The molecule has 2 unspecified atom stereocenters. The molecule has 6 nitrogen and oxygen atoms in total. The molecule has 23 heavy (non-hydrogen) atoms. The summed E-state index contributed by atoms with van der Waals surface area (Å²) in [6.45, 7) is 2.17. The van der Waals surface area contributed by atoms with Gasteiger partial charge in [0.15, 0.2) is 6.10 Å². The van der Waals surface area contributed by atoms with Crippen LogP contribution in [0.1, 0.15) is 30.0 Å². The minimum absolute atomic E-state index is 0.106. The molecule has 1 heterocycles. The quantitative estimate of drug-likeness (QED) is 0.651. The average molecular weight is 343 g/mol. The Kier molecular flexibility index (Phi) is 5.86. The molecule has 0 aliphatic carbocycles. The molecule has 2 rings (SSSR count). The van der Waals surface area contributed by atoms with E-state index in [4.69, 9.17) is 22.4 Å². The number of nitrogens with two attached hydrogens (primary N) is 1. The molecule has 128 valence electrons. The highest BCUT2D eigenvalue weighted by Gasteiger charge is 2.30. The molecule has 1 aromatic carbocycles. The van der Waals surface area contributed by atoms with Crippen molar-refractivity contribution < 1.29 is 20.1 Å². The molecule has 1 fully saturated rings. The number of phenols is 1. The number of piperidine rings is 1. The molecule has 7 heteroatoms. The van der Waals surface area contributed by atoms with E-state index >= 15 is 0 Å². The van der Waals surface area contributed by atoms with Gasteiger partial charge >= 0.3 is 0 Å². The first-order valence-electron chi connectivity index (χ1n) is 7.67. The lowest BCUT2D eigenvalue weighted by Crippen LogP contribution is -2.46. The Balaban J connectivity index is 2.03. The van der Waals surface area contributed by atoms with Crippen molar-refractivity contribution in [3.05, 3.63) is 28.3 Å². The smallest absolute Gasteiger partial charge is 0.253 e. The minimum Gasteiger partial charge on any atom is -0.508 e. The molecule has 0 radical (unpaired) electrons. The van der Waals surface area contributed by atoms with Crippen molar-refractivity contribution in [1.82, 2.24) is 4.90 Å². The summed E-state index contributed by atoms with van der Waals surface area (Å²) in [5.41, 5.74) is 7.69. The van der Waals surface area contributed by atoms with Crippen molar-refractivity contribution in [2.45, 2.75) is 31.9 Å². The molecule has 0 aromatic heterocycles. The summed E-state index contributed by atoms with van der Waals surface area (Å²) in [4.78, 5) is 13.4. The molecule has 1 aliphatic rings. The normalized spacial score (nSPS) is 18.7. The number of benzene rings is 1. The van der Waals surface area contributed by atoms with Gasteiger partial charge < -0.3 is 26.0 Å². The zero-order valence-electron chi connectivity index (χ0n) is 13.1. The standard InChI is InChI=1S/C16H23ClN2O4/c1-9-6-13(21)11(7-12(9)17)15(18)10-2-4-19(5-3-10)16(23)14(22)8-20/h6-7,10,14-15,20-22H,2-5,8,18H2,1H3. The van der Waals surface area contributed by atoms with Crippen molar-refractivity contribution in [1.29, 1.82) is 0 Å². The first kappa shape index (κ1) is 18.0. The van der Waals surface area contributed by atoms with Gasteiger partial charge in [0.1, 0.15) is 5.75 Å². The number of likely N-dealkylation sites (tertiary alicyclic amines) is 1. The fraction of sp³-hybridized carbons (Fsp3) is 0.562. The number of rotatable bonds is 4. The number of hydrogen-bond donors (Lipinski definition) is 4. The molecule has 5 N–H and O–H groups in total. The number of carbonyl (C=O) groups excluding carboxylic acids is 1. The summed E-state index contributed by atoms with van der Waals surface area (Å²) >= 11 is 6.11. The van der Waals surface area contributed by atoms with Crippen LogP contribution in [0.5, 0.6) is 5.75 Å². The lowest BCUT2D eigenvalue weighted by molar-refractivity contribution is -0.143. The van der Waals surface area contributed by atoms with Crippen LogP contribution in [0.3, 0.4) is 0 Å². The topological polar surface area (TPSA) is 107 Å². The van der Waals surface area contributed by atoms with Crippen LogP contribution in [0, 0.1) is 12.8 Å². The van der Waals surface area contributed by atoms with E-state index in [-0.39, 0.29) is 17.7 Å². The van der Waals surface area contributed by atoms with Crippen LogP contribution in [0.4, 0.5) is 0 Å². The average Bonchev–Trinajstić information content (AvgIpc) is 2.56. The van der Waals surface area contributed by atoms with Gasteiger partial charge in [0, 0.05) is 29.7 Å². The van der Waals surface area contributed by atoms with E-state index < -0.39 is 18.6 Å². The summed E-state index contributed by atoms with van der Waals surface area (Å²) < 4.78 is 0. The number of phenolic OH excluding ortho intramolecular Hbond substituents is 1. The number of aliphatic hydroxyl groups excluding tert-OH is 2. The Bertz CT molecular complexity index is 573. The molecule has 2 atom stereocenters. The third-order valence-electron chi connectivity index (χ3n) is 4.48. The number of aliphatic hydroxyl groups is 2. The molecule has 0 saturated carbocycles. The van der Waals surface area contributed by atoms with Crippen LogP contribution >= 0.6 is 11.6 Å². The zero-order valence-corrected chi connectivity index (χ0v) is 13.8. The molecular formula is C16H23ClN2O4. The Hall–Kier alpha value is -1.34. The van der Waals surface area contributed by atoms with Crippen LogP contribution in [0.15, 0.2) is 12.1 Å². The van der Waals surface area contributed by atoms with E-state index in [2.05, 4.69) is 0 Å². The van der Waals surface area contributed by atoms with Crippen LogP contribution in [0.2, 0.25) is 5.02 Å². The monoisotopic (exact) mass is 342 g/mol. The van der Waals surface area contributed by atoms with Gasteiger partial charge in [-0.1, -0.05) is 11.6 Å². The number of carbonyl (C=O) groups is 1. The molecule has 1 saturated heterocycles. The van der Waals surface area contributed by atoms with Gasteiger partial charge in [-0.05, 0) is 43.4 Å². The number of hydrogen-bond acceptors (Lipinski definition) is 5. The Morgan fingerprint density at radius 1 is 1.43 bits per heavy atom. The van der Waals surface area contributed by atoms with Crippen molar-refractivity contribution >= 4 is 17.5 Å². The number of amides is 1. The van der Waals surface area contributed by atoms with E-state index in [9.17, 15) is 15.0 Å². The van der Waals surface area contributed by atoms with E-state index in [1.807, 2.05) is 6.92 Å². The second-order valence-corrected chi connectivity index (χ2v) is 6.45. The third kappa shape index (κ3) is 3.95. The van der Waals surface area contributed by atoms with Crippen molar-refractivity contribution in [3.63, 3.8) is 0 Å². The number of halogens is 1. The number of aryl methyl sites for hydroxylation is 1. The van der Waals surface area contributed by atoms with Gasteiger partial charge in [-0.3, -0.25) is 4.79 Å². The van der Waals surface area contributed by atoms with Crippen LogP contribution in [0.25, 0.3) is 0 Å². The Labute approximate surface area is 140 Å². The second-order valence-electron chi connectivity index (χ2n) is 6.05. The first-order chi connectivity index (χ1) is 10.8. The predicted octanol–water partition coefficient (Wildman–Crippen LogP) is 0.946. The zero-order chi connectivity index (χ0) is 17.1. The summed E-state index contributed by atoms with van der Waals surface area (Å²) in [7, 11) is 0. The van der Waals surface area contributed by atoms with Gasteiger partial charge in [0.2, 0.25) is 0 Å². The van der Waals surface area contributed by atoms with Gasteiger partial charge in [0.25, 0.3) is 5.91 Å². The Morgan fingerprint density at radius 2 is 2.04 bits per heavy atom. The number of aromatic hydroxyl groups is 1. The molecule has 1 amide bonds. The highest BCUT2D eigenvalue weighted by atomic mass is 35.5. The maximum atomic E-state index is 11.8. The van der Waals surface area contributed by atoms with E-state index in [1.165, 1.54) is 4.90 Å². The third-order valence-corrected chi connectivity index (χ3v) is 4.89. The van der Waals surface area contributed by atoms with Gasteiger partial charge in [0.05, 0.1) is 6.61 Å². The van der Waals surface area contributed by atoms with Crippen LogP contribution in [-0.4, -0.2) is 51.9 Å². The molecule has 0 spiro atoms. The second kappa shape index (κ2) is 7.49. The summed E-state index contributed by atoms with van der Waals surface area (Å²) in [5.74, 6) is -0.218. The first-order valence-corrected chi connectivity index (χ1v) is 8.05. The fourth-order valence-corrected chi connectivity index (χ4v) is 3.14. The lowest BCUT2D eigenvalue weighted by Gasteiger charge is -2.35. The Morgan fingerprint density at radius 3 is 2.61 bits per heavy atom. The molecule has 1 aromatic rings. The fourth-order valence-electron chi connectivity index (χ4n) is 2.97. The van der Waals surface area contributed by atoms with E-state index in [1.54, 1.807) is 12.1 Å². The minimum atomic E-state index is -1.36. The van der Waals surface area contributed by atoms with Crippen molar-refractivity contribution in [2.75, 3.05) is 19.7 Å². The molecule has 1 aliphatic heterocycles. The van der Waals surface area contributed by atoms with Crippen LogP contribution < -0.4 is 5.73 Å². The SMILES string of the molecule is Cc1cc(O)c(C(N)C2CCN(C(=O)C(O)CO)CC2)cc1Cl. The molecule has 0 bridgehead atoms. The van der Waals surface area contributed by atoms with Crippen molar-refractivity contribution in [3.8, 4) is 5.75 Å². The van der Waals surface area contributed by atoms with Crippen molar-refractivity contribution in [2.24, 2.45) is 11.7 Å². The van der Waals surface area contributed by atoms with Gasteiger partial charge in [-0.2, -0.15) is 0 Å². The lowest BCUT2D eigenvalue weighted by atomic mass is 9.85. The maximum Gasteiger partial charge on any atom is 0.253 e. The van der Waals surface area contributed by atoms with Gasteiger partial charge in [-0.15, -0.1) is 0 Å². The van der Waals surface area contributed by atoms with Crippen LogP contribution in [-0.2, 0) is 4.79 Å². The summed E-state index contributed by atoms with van der Waals surface area (Å²) in [6, 6.07) is 2.94.